The standard InChI is InChI=1S/C30H45N5.C18H33N5.C18H27N5.C18H21N5.C12H25N5/c1-19(2)23-13-11-14-24(20(3)4)27(23)31-29(33-30-34(9)17-18-35(30)10)32-28-25(21(5)6)15-12-16-26(28)22(7)8;3*1-22-13-14-23(2)18(22)21-17(19-15-9-5-3-6-10-15)20-16-11-7-4-8-12-16;1-9(2)13-11(14-10(3)4)15-12-16(5)7-8-17(12)6/h11-16,19-22H,17-18H2,1-10H3,(H,31,32);15-16H,3-14H2,1-2H3,(H,19,20);3,5-6,9-10,16H,4,7-8,11-14H2,1-2H3,(H,19,20);3-12H,13-14H2,1-2H3,(H,19,20);9-10H,7-8H2,1-6H3,(H,13,14)/p+5. The van der Waals surface area contributed by atoms with E-state index in [0.717, 1.165) is 130 Å². The van der Waals surface area contributed by atoms with Crippen molar-refractivity contribution in [2.75, 3.05) is 163 Å². The van der Waals surface area contributed by atoms with E-state index in [0.29, 0.717) is 53.8 Å². The molecule has 8 aliphatic rings. The fourth-order valence-electron chi connectivity index (χ4n) is 16.3. The molecular formula is C96H156N25+5. The molecule has 5 aliphatic heterocycles. The van der Waals surface area contributed by atoms with Crippen LogP contribution in [0.1, 0.15) is 225 Å². The molecule has 0 radical (unpaired) electrons. The Hall–Kier alpha value is -10.2. The number of para-hydroxylation sites is 5. The molecule has 25 heteroatoms. The van der Waals surface area contributed by atoms with Gasteiger partial charge in [-0.05, 0) is 159 Å². The lowest BCUT2D eigenvalue weighted by Gasteiger charge is -2.25. The van der Waals surface area contributed by atoms with Crippen LogP contribution in [-0.4, -0.2) is 273 Å². The lowest BCUT2D eigenvalue weighted by molar-refractivity contribution is -0.488. The van der Waals surface area contributed by atoms with Gasteiger partial charge in [-0.3, -0.25) is 47.4 Å². The van der Waals surface area contributed by atoms with Crippen LogP contribution in [0.25, 0.3) is 0 Å². The molecule has 0 spiro atoms. The van der Waals surface area contributed by atoms with Crippen LogP contribution in [0.2, 0.25) is 0 Å². The molecule has 3 saturated carbocycles. The monoisotopic (exact) mass is 1660 g/mol. The van der Waals surface area contributed by atoms with Gasteiger partial charge in [0.05, 0.1) is 148 Å². The normalized spacial score (nSPS) is 17.8. The third kappa shape index (κ3) is 29.8. The van der Waals surface area contributed by atoms with E-state index in [-0.39, 0.29) is 6.04 Å². The molecule has 3 aliphatic carbocycles. The van der Waals surface area contributed by atoms with Crippen LogP contribution in [0.4, 0.5) is 28.4 Å². The van der Waals surface area contributed by atoms with Crippen molar-refractivity contribution in [3.8, 4) is 0 Å². The lowest BCUT2D eigenvalue weighted by Crippen LogP contribution is -2.51. The molecule has 660 valence electrons. The Labute approximate surface area is 728 Å². The number of aliphatic imine (C=N–C) groups is 5. The lowest BCUT2D eigenvalue weighted by atomic mass is 9.92. The molecule has 121 heavy (non-hydrogen) atoms. The van der Waals surface area contributed by atoms with E-state index in [9.17, 15) is 0 Å². The summed E-state index contributed by atoms with van der Waals surface area (Å²) in [5.74, 6) is 11.1. The van der Waals surface area contributed by atoms with Crippen molar-refractivity contribution in [3.05, 3.63) is 150 Å². The van der Waals surface area contributed by atoms with Crippen LogP contribution < -0.4 is 53.2 Å². The van der Waals surface area contributed by atoms with Gasteiger partial charge in [-0.1, -0.05) is 204 Å². The Morgan fingerprint density at radius 3 is 0.942 bits per heavy atom. The summed E-state index contributed by atoms with van der Waals surface area (Å²) in [5, 5.41) is 35.4. The smallest absolute Gasteiger partial charge is 0.341 e. The van der Waals surface area contributed by atoms with Crippen molar-refractivity contribution in [1.82, 2.24) is 51.1 Å². The zero-order valence-corrected chi connectivity index (χ0v) is 78.2. The van der Waals surface area contributed by atoms with Crippen LogP contribution in [0, 0.1) is 0 Å². The molecular weight excluding hydrogens is 1500 g/mol. The van der Waals surface area contributed by atoms with Crippen molar-refractivity contribution in [2.45, 2.75) is 233 Å². The number of nitrogens with one attached hydrogen (secondary N) is 10. The molecule has 3 fully saturated rings. The third-order valence-corrected chi connectivity index (χ3v) is 23.4. The summed E-state index contributed by atoms with van der Waals surface area (Å²) in [6.07, 6.45) is 19.5. The van der Waals surface area contributed by atoms with Crippen LogP contribution in [0.3, 0.4) is 0 Å². The average molecular weight is 1660 g/mol. The van der Waals surface area contributed by atoms with Gasteiger partial charge in [0.15, 0.2) is 0 Å². The molecule has 0 unspecified atom stereocenters. The highest BCUT2D eigenvalue weighted by molar-refractivity contribution is 6.11. The first kappa shape index (κ1) is 94.6. The quantitative estimate of drug-likeness (QED) is 0.0285. The molecule has 13 rings (SSSR count). The fourth-order valence-corrected chi connectivity index (χ4v) is 16.3. The highest BCUT2D eigenvalue weighted by Gasteiger charge is 2.33. The van der Waals surface area contributed by atoms with Gasteiger partial charge in [0.25, 0.3) is 29.8 Å². The second kappa shape index (κ2) is 47.9. The molecule has 25 nitrogen and oxygen atoms in total. The fraction of sp³-hybridized carbons (Fsp3) is 0.583. The summed E-state index contributed by atoms with van der Waals surface area (Å²) in [4.78, 5) is 35.7. The number of benzene rings is 5. The van der Waals surface area contributed by atoms with Gasteiger partial charge in [0, 0.05) is 46.6 Å². The summed E-state index contributed by atoms with van der Waals surface area (Å²) in [6.45, 7) is 36.7. The molecule has 5 heterocycles. The number of hydrogen-bond acceptors (Lipinski definition) is 10. The van der Waals surface area contributed by atoms with Gasteiger partial charge in [0.1, 0.15) is 0 Å². The van der Waals surface area contributed by atoms with Crippen molar-refractivity contribution >= 4 is 88.0 Å². The largest absolute Gasteiger partial charge is 0.392 e. The number of guanidine groups is 10. The second-order valence-electron chi connectivity index (χ2n) is 35.9. The Morgan fingerprint density at radius 2 is 0.628 bits per heavy atom. The molecule has 0 saturated heterocycles. The SMILES string of the molecule is CC(C)N=C(NC1=[N+](C)CCN1C)NC(C)C.CC(C)c1cccc(C(C)C)c1NC(=NC1=[N+](C)CCN1C)Nc1c(C(C)C)cccc1C(C)C.CN1CC[N+](C)=C1N=C(Nc1ccccc1)Nc1ccccc1.CN1CC[N+](C)=C1NC(=NC1CCCCC1)NC1CCCCC1.CN1CC[N+](C)=C1NC(=NC1CCCCC1)Nc1ccccc1. The Kier molecular flexibility index (Phi) is 37.4. The van der Waals surface area contributed by atoms with Crippen LogP contribution in [-0.2, 0) is 0 Å². The molecule has 0 atom stereocenters. The minimum Gasteiger partial charge on any atom is -0.341 e. The Bertz CT molecular complexity index is 4210. The van der Waals surface area contributed by atoms with E-state index in [1.165, 1.54) is 136 Å². The van der Waals surface area contributed by atoms with Crippen molar-refractivity contribution in [2.24, 2.45) is 25.0 Å². The first-order chi connectivity index (χ1) is 58.1. The number of hydrogen-bond donors (Lipinski definition) is 10. The van der Waals surface area contributed by atoms with Gasteiger partial charge >= 0.3 is 29.8 Å². The number of anilines is 5. The van der Waals surface area contributed by atoms with Crippen LogP contribution in [0.5, 0.6) is 0 Å². The average Bonchev–Trinajstić information content (AvgIpc) is 1.13. The van der Waals surface area contributed by atoms with E-state index >= 15 is 0 Å². The molecule has 5 aromatic carbocycles. The Balaban J connectivity index is 0.000000175. The van der Waals surface area contributed by atoms with Gasteiger partial charge in [-0.2, -0.15) is 0 Å². The van der Waals surface area contributed by atoms with Gasteiger partial charge in [-0.25, -0.2) is 30.9 Å². The first-order valence-corrected chi connectivity index (χ1v) is 45.5. The summed E-state index contributed by atoms with van der Waals surface area (Å²) < 4.78 is 11.1. The second-order valence-corrected chi connectivity index (χ2v) is 35.9. The van der Waals surface area contributed by atoms with Crippen molar-refractivity contribution < 1.29 is 22.9 Å². The van der Waals surface area contributed by atoms with Crippen LogP contribution in [0.15, 0.2) is 152 Å². The predicted molar refractivity (Wildman–Crippen MR) is 514 cm³/mol. The zero-order chi connectivity index (χ0) is 87.1. The number of likely N-dealkylation sites (N-methyl/N-ethyl adjacent to an activating group) is 10. The maximum atomic E-state index is 5.19. The van der Waals surface area contributed by atoms with E-state index in [1.54, 1.807) is 0 Å². The third-order valence-electron chi connectivity index (χ3n) is 23.4. The summed E-state index contributed by atoms with van der Waals surface area (Å²) in [6, 6.07) is 45.8. The molecule has 0 bridgehead atoms. The molecule has 5 aromatic rings. The molecule has 0 amide bonds. The van der Waals surface area contributed by atoms with Crippen LogP contribution >= 0.6 is 0 Å². The maximum absolute atomic E-state index is 5.19. The van der Waals surface area contributed by atoms with Gasteiger partial charge in [-0.15, -0.1) is 0 Å². The highest BCUT2D eigenvalue weighted by Crippen LogP contribution is 2.36. The summed E-state index contributed by atoms with van der Waals surface area (Å²) in [5.41, 5.74) is 10.6. The van der Waals surface area contributed by atoms with Crippen molar-refractivity contribution in [3.63, 3.8) is 0 Å². The number of nitrogens with zero attached hydrogens (tertiary/aromatic N) is 15. The maximum Gasteiger partial charge on any atom is 0.392 e. The van der Waals surface area contributed by atoms with E-state index in [4.69, 9.17) is 20.0 Å². The molecule has 0 aromatic heterocycles. The minimum atomic E-state index is 0.279. The molecule has 10 N–H and O–H groups in total. The van der Waals surface area contributed by atoms with E-state index in [2.05, 4.69) is 308 Å². The van der Waals surface area contributed by atoms with Gasteiger partial charge < -0.3 is 37.2 Å². The first-order valence-electron chi connectivity index (χ1n) is 45.5. The topological polar surface area (TPSA) is 213 Å². The summed E-state index contributed by atoms with van der Waals surface area (Å²) in [7, 11) is 21.1. The Morgan fingerprint density at radius 1 is 0.322 bits per heavy atom. The van der Waals surface area contributed by atoms with Gasteiger partial charge in [0.2, 0.25) is 0 Å². The predicted octanol–water partition coefficient (Wildman–Crippen LogP) is 14.2. The highest BCUT2D eigenvalue weighted by atomic mass is 15.4. The summed E-state index contributed by atoms with van der Waals surface area (Å²) >= 11 is 0. The van der Waals surface area contributed by atoms with E-state index < -0.39 is 0 Å². The van der Waals surface area contributed by atoms with Crippen molar-refractivity contribution in [1.29, 1.82) is 0 Å². The number of rotatable bonds is 14. The van der Waals surface area contributed by atoms with E-state index in [1.807, 2.05) is 78.9 Å². The minimum absolute atomic E-state index is 0.279. The zero-order valence-electron chi connectivity index (χ0n) is 78.2.